The van der Waals surface area contributed by atoms with Gasteiger partial charge in [-0.05, 0) is 24.6 Å². The van der Waals surface area contributed by atoms with Crippen molar-refractivity contribution in [2.75, 3.05) is 27.4 Å². The molecule has 0 heterocycles. The molecule has 0 bridgehead atoms. The summed E-state index contributed by atoms with van der Waals surface area (Å²) in [7, 11) is 3.09. The molecule has 4 heteroatoms. The molecule has 0 atom stereocenters. The number of carbonyl (C=O) groups excluding carboxylic acids is 1. The Morgan fingerprint density at radius 3 is 2.59 bits per heavy atom. The van der Waals surface area contributed by atoms with Crippen molar-refractivity contribution < 1.29 is 19.0 Å². The first-order valence-corrected chi connectivity index (χ1v) is 5.55. The van der Waals surface area contributed by atoms with E-state index in [4.69, 9.17) is 14.2 Å². The van der Waals surface area contributed by atoms with Gasteiger partial charge >= 0.3 is 0 Å². The summed E-state index contributed by atoms with van der Waals surface area (Å²) >= 11 is 0. The lowest BCUT2D eigenvalue weighted by Crippen LogP contribution is -2.11. The molecule has 0 saturated carbocycles. The maximum absolute atomic E-state index is 11.9. The van der Waals surface area contributed by atoms with Gasteiger partial charge in [-0.2, -0.15) is 0 Å². The first kappa shape index (κ1) is 13.5. The molecule has 0 spiro atoms. The average Bonchev–Trinajstić information content (AvgIpc) is 2.38. The maximum atomic E-state index is 11.9. The fraction of sp³-hybridized carbons (Fsp3) is 0.462. The first-order valence-electron chi connectivity index (χ1n) is 5.55. The van der Waals surface area contributed by atoms with Gasteiger partial charge in [0.25, 0.3) is 0 Å². The second-order valence-electron chi connectivity index (χ2n) is 3.54. The van der Waals surface area contributed by atoms with Crippen LogP contribution in [0.4, 0.5) is 0 Å². The minimum Gasteiger partial charge on any atom is -0.497 e. The lowest BCUT2D eigenvalue weighted by Gasteiger charge is -2.09. The molecule has 0 aliphatic rings. The number of hydrogen-bond donors (Lipinski definition) is 0. The summed E-state index contributed by atoms with van der Waals surface area (Å²) in [5.74, 6) is 1.06. The van der Waals surface area contributed by atoms with E-state index in [1.807, 2.05) is 6.92 Å². The molecule has 0 saturated heterocycles. The van der Waals surface area contributed by atoms with Crippen LogP contribution < -0.4 is 9.47 Å². The van der Waals surface area contributed by atoms with Crippen LogP contribution in [0.15, 0.2) is 18.2 Å². The highest BCUT2D eigenvalue weighted by Gasteiger charge is 2.13. The zero-order chi connectivity index (χ0) is 12.7. The van der Waals surface area contributed by atoms with Crippen LogP contribution in [0.2, 0.25) is 0 Å². The van der Waals surface area contributed by atoms with Crippen LogP contribution in [0.25, 0.3) is 0 Å². The molecular formula is C13H18O4. The Morgan fingerprint density at radius 1 is 1.24 bits per heavy atom. The van der Waals surface area contributed by atoms with E-state index < -0.39 is 0 Å². The highest BCUT2D eigenvalue weighted by Crippen LogP contribution is 2.24. The average molecular weight is 238 g/mol. The van der Waals surface area contributed by atoms with Gasteiger partial charge in [-0.15, -0.1) is 0 Å². The van der Waals surface area contributed by atoms with Gasteiger partial charge in [-0.1, -0.05) is 6.92 Å². The molecule has 0 aliphatic carbocycles. The number of ketones is 1. The first-order chi connectivity index (χ1) is 8.22. The molecular weight excluding hydrogens is 220 g/mol. The third-order valence-corrected chi connectivity index (χ3v) is 2.29. The molecule has 0 fully saturated rings. The molecule has 94 valence electrons. The van der Waals surface area contributed by atoms with Crippen LogP contribution in [0.1, 0.15) is 23.7 Å². The van der Waals surface area contributed by atoms with Crippen molar-refractivity contribution in [2.45, 2.75) is 13.3 Å². The molecule has 1 aromatic carbocycles. The molecule has 0 aliphatic heterocycles. The van der Waals surface area contributed by atoms with Gasteiger partial charge in [0.2, 0.25) is 0 Å². The van der Waals surface area contributed by atoms with Gasteiger partial charge in [-0.3, -0.25) is 4.79 Å². The molecule has 0 N–H and O–H groups in total. The minimum absolute atomic E-state index is 0.0668. The second kappa shape index (κ2) is 6.91. The van der Waals surface area contributed by atoms with Crippen molar-refractivity contribution in [2.24, 2.45) is 0 Å². The number of methoxy groups -OCH3 is 2. The number of carbonyl (C=O) groups is 1. The maximum Gasteiger partial charge on any atom is 0.192 e. The number of rotatable bonds is 7. The third-order valence-electron chi connectivity index (χ3n) is 2.29. The molecule has 1 rings (SSSR count). The lowest BCUT2D eigenvalue weighted by molar-refractivity contribution is 0.0758. The van der Waals surface area contributed by atoms with E-state index in [9.17, 15) is 4.79 Å². The topological polar surface area (TPSA) is 44.8 Å². The predicted octanol–water partition coefficient (Wildman–Crippen LogP) is 2.31. The molecule has 0 aromatic heterocycles. The van der Waals surface area contributed by atoms with Crippen molar-refractivity contribution in [3.05, 3.63) is 23.8 Å². The lowest BCUT2D eigenvalue weighted by atomic mass is 10.1. The highest BCUT2D eigenvalue weighted by atomic mass is 16.5. The van der Waals surface area contributed by atoms with Gasteiger partial charge in [0.1, 0.15) is 18.1 Å². The van der Waals surface area contributed by atoms with Crippen LogP contribution in [-0.2, 0) is 4.74 Å². The summed E-state index contributed by atoms with van der Waals surface area (Å²) in [5.41, 5.74) is 0.489. The van der Waals surface area contributed by atoms with Gasteiger partial charge < -0.3 is 14.2 Å². The predicted molar refractivity (Wildman–Crippen MR) is 65.0 cm³/mol. The Labute approximate surface area is 101 Å². The van der Waals surface area contributed by atoms with E-state index in [0.717, 1.165) is 6.42 Å². The van der Waals surface area contributed by atoms with Crippen molar-refractivity contribution in [3.8, 4) is 11.5 Å². The molecule has 4 nitrogen and oxygen atoms in total. The summed E-state index contributed by atoms with van der Waals surface area (Å²) in [6.07, 6.45) is 0.891. The van der Waals surface area contributed by atoms with Crippen LogP contribution >= 0.6 is 0 Å². The van der Waals surface area contributed by atoms with E-state index in [-0.39, 0.29) is 12.4 Å². The number of benzene rings is 1. The monoisotopic (exact) mass is 238 g/mol. The fourth-order valence-electron chi connectivity index (χ4n) is 1.42. The Morgan fingerprint density at radius 2 is 2.00 bits per heavy atom. The molecule has 0 amide bonds. The van der Waals surface area contributed by atoms with Crippen LogP contribution in [0.3, 0.4) is 0 Å². The largest absolute Gasteiger partial charge is 0.497 e. The number of Topliss-reactive ketones (excluding diaryl/α,β-unsaturated/α-hetero) is 1. The molecule has 1 aromatic rings. The van der Waals surface area contributed by atoms with Gasteiger partial charge in [0.15, 0.2) is 5.78 Å². The fourth-order valence-corrected chi connectivity index (χ4v) is 1.42. The van der Waals surface area contributed by atoms with E-state index in [2.05, 4.69) is 0 Å². The zero-order valence-electron chi connectivity index (χ0n) is 10.5. The SMILES string of the molecule is CCCOCC(=O)c1cc(OC)ccc1OC. The number of hydrogen-bond acceptors (Lipinski definition) is 4. The van der Waals surface area contributed by atoms with Crippen molar-refractivity contribution >= 4 is 5.78 Å². The summed E-state index contributed by atoms with van der Waals surface area (Å²) in [6.45, 7) is 2.64. The normalized spacial score (nSPS) is 10.1. The zero-order valence-corrected chi connectivity index (χ0v) is 10.5. The van der Waals surface area contributed by atoms with Gasteiger partial charge in [-0.25, -0.2) is 0 Å². The Balaban J connectivity index is 2.82. The quantitative estimate of drug-likeness (QED) is 0.540. The molecule has 0 radical (unpaired) electrons. The van der Waals surface area contributed by atoms with E-state index in [0.29, 0.717) is 23.7 Å². The van der Waals surface area contributed by atoms with E-state index in [1.165, 1.54) is 7.11 Å². The Kier molecular flexibility index (Phi) is 5.49. The smallest absolute Gasteiger partial charge is 0.192 e. The van der Waals surface area contributed by atoms with E-state index >= 15 is 0 Å². The summed E-state index contributed by atoms with van der Waals surface area (Å²) in [5, 5.41) is 0. The van der Waals surface area contributed by atoms with Gasteiger partial charge in [0, 0.05) is 6.61 Å². The van der Waals surface area contributed by atoms with Crippen molar-refractivity contribution in [1.82, 2.24) is 0 Å². The van der Waals surface area contributed by atoms with Crippen LogP contribution in [-0.4, -0.2) is 33.2 Å². The summed E-state index contributed by atoms with van der Waals surface area (Å²) < 4.78 is 15.4. The summed E-state index contributed by atoms with van der Waals surface area (Å²) in [4.78, 5) is 11.9. The van der Waals surface area contributed by atoms with Crippen LogP contribution in [0.5, 0.6) is 11.5 Å². The Bertz CT molecular complexity index is 374. The standard InChI is InChI=1S/C13H18O4/c1-4-7-17-9-12(14)11-8-10(15-2)5-6-13(11)16-3/h5-6,8H,4,7,9H2,1-3H3. The highest BCUT2D eigenvalue weighted by molar-refractivity contribution is 6.00. The van der Waals surface area contributed by atoms with Crippen molar-refractivity contribution in [1.29, 1.82) is 0 Å². The summed E-state index contributed by atoms with van der Waals surface area (Å²) in [6, 6.07) is 5.13. The van der Waals surface area contributed by atoms with Gasteiger partial charge in [0.05, 0.1) is 19.8 Å². The second-order valence-corrected chi connectivity index (χ2v) is 3.54. The number of ether oxygens (including phenoxy) is 3. The van der Waals surface area contributed by atoms with Crippen molar-refractivity contribution in [3.63, 3.8) is 0 Å². The third kappa shape index (κ3) is 3.75. The van der Waals surface area contributed by atoms with E-state index in [1.54, 1.807) is 25.3 Å². The molecule has 17 heavy (non-hydrogen) atoms. The van der Waals surface area contributed by atoms with Crippen LogP contribution in [0, 0.1) is 0 Å². The molecule has 0 unspecified atom stereocenters. The minimum atomic E-state index is -0.103. The Hall–Kier alpha value is -1.55.